The number of aryl methyl sites for hydroxylation is 1. The highest BCUT2D eigenvalue weighted by Gasteiger charge is 2.18. The van der Waals surface area contributed by atoms with Crippen molar-refractivity contribution in [1.82, 2.24) is 14.6 Å². The van der Waals surface area contributed by atoms with E-state index >= 15 is 0 Å². The largest absolute Gasteiger partial charge is 0.351 e. The van der Waals surface area contributed by atoms with Gasteiger partial charge in [0.25, 0.3) is 5.91 Å². The Balaban J connectivity index is 2.95. The van der Waals surface area contributed by atoms with Crippen molar-refractivity contribution in [1.29, 1.82) is 0 Å². The third-order valence-corrected chi connectivity index (χ3v) is 3.84. The molecular weight excluding hydrogens is 254 g/mol. The molecule has 0 fully saturated rings. The van der Waals surface area contributed by atoms with E-state index in [9.17, 15) is 13.2 Å². The fraction of sp³-hybridized carbons (Fsp3) is 0.545. The second kappa shape index (κ2) is 5.53. The van der Waals surface area contributed by atoms with Crippen LogP contribution in [0.4, 0.5) is 0 Å². The molecule has 0 unspecified atom stereocenters. The molecule has 1 heterocycles. The lowest BCUT2D eigenvalue weighted by atomic mass is 10.2. The molecule has 7 heteroatoms. The lowest BCUT2D eigenvalue weighted by molar-refractivity contribution is 0.0941. The molecule has 1 aromatic rings. The summed E-state index contributed by atoms with van der Waals surface area (Å²) in [5, 5.41) is 2.75. The number of aromatic nitrogens is 1. The summed E-state index contributed by atoms with van der Waals surface area (Å²) in [6.45, 7) is 4.53. The predicted octanol–water partition coefficient (Wildman–Crippen LogP) is 0.319. The average molecular weight is 273 g/mol. The minimum absolute atomic E-state index is 0.0854. The molecule has 102 valence electrons. The highest BCUT2D eigenvalue weighted by molar-refractivity contribution is 7.89. The number of rotatable bonds is 5. The second-order valence-corrected chi connectivity index (χ2v) is 6.37. The highest BCUT2D eigenvalue weighted by Crippen LogP contribution is 2.13. The molecule has 0 aromatic carbocycles. The SMILES string of the molecule is CNS(=O)(=O)c1cc(C(=O)NCC(C)C)n(C)c1. The quantitative estimate of drug-likeness (QED) is 0.810. The number of amides is 1. The highest BCUT2D eigenvalue weighted by atomic mass is 32.2. The van der Waals surface area contributed by atoms with Gasteiger partial charge in [0.15, 0.2) is 0 Å². The van der Waals surface area contributed by atoms with E-state index in [2.05, 4.69) is 10.0 Å². The Morgan fingerprint density at radius 1 is 1.44 bits per heavy atom. The van der Waals surface area contributed by atoms with Crippen LogP contribution in [0.2, 0.25) is 0 Å². The van der Waals surface area contributed by atoms with Crippen molar-refractivity contribution in [3.05, 3.63) is 18.0 Å². The fourth-order valence-electron chi connectivity index (χ4n) is 1.41. The van der Waals surface area contributed by atoms with Crippen molar-refractivity contribution in [2.75, 3.05) is 13.6 Å². The van der Waals surface area contributed by atoms with E-state index in [1.54, 1.807) is 7.05 Å². The first-order valence-corrected chi connectivity index (χ1v) is 7.14. The summed E-state index contributed by atoms with van der Waals surface area (Å²) < 4.78 is 26.9. The Morgan fingerprint density at radius 2 is 2.06 bits per heavy atom. The van der Waals surface area contributed by atoms with E-state index in [0.717, 1.165) is 0 Å². The van der Waals surface area contributed by atoms with Crippen molar-refractivity contribution >= 4 is 15.9 Å². The van der Waals surface area contributed by atoms with Crippen molar-refractivity contribution in [2.45, 2.75) is 18.7 Å². The van der Waals surface area contributed by atoms with Gasteiger partial charge in [0, 0.05) is 19.8 Å². The zero-order valence-electron chi connectivity index (χ0n) is 11.0. The van der Waals surface area contributed by atoms with E-state index in [-0.39, 0.29) is 10.8 Å². The van der Waals surface area contributed by atoms with Gasteiger partial charge < -0.3 is 9.88 Å². The number of carbonyl (C=O) groups excluding carboxylic acids is 1. The number of nitrogens with zero attached hydrogens (tertiary/aromatic N) is 1. The Kier molecular flexibility index (Phi) is 4.53. The molecule has 0 aliphatic carbocycles. The first-order chi connectivity index (χ1) is 8.27. The van der Waals surface area contributed by atoms with Crippen molar-refractivity contribution in [3.63, 3.8) is 0 Å². The van der Waals surface area contributed by atoms with E-state index < -0.39 is 10.0 Å². The van der Waals surface area contributed by atoms with Crippen LogP contribution in [0.15, 0.2) is 17.2 Å². The molecule has 0 bridgehead atoms. The maximum atomic E-state index is 11.9. The topological polar surface area (TPSA) is 80.2 Å². The van der Waals surface area contributed by atoms with Crippen LogP contribution >= 0.6 is 0 Å². The zero-order chi connectivity index (χ0) is 13.9. The van der Waals surface area contributed by atoms with Gasteiger partial charge in [-0.3, -0.25) is 4.79 Å². The van der Waals surface area contributed by atoms with Crippen LogP contribution in [0, 0.1) is 5.92 Å². The molecule has 6 nitrogen and oxygen atoms in total. The summed E-state index contributed by atoms with van der Waals surface area (Å²) in [6.07, 6.45) is 1.41. The summed E-state index contributed by atoms with van der Waals surface area (Å²) in [5.74, 6) is 0.0680. The molecule has 0 saturated carbocycles. The molecule has 0 aliphatic heterocycles. The number of carbonyl (C=O) groups is 1. The Labute approximate surface area is 107 Å². The van der Waals surface area contributed by atoms with Crippen LogP contribution in [-0.2, 0) is 17.1 Å². The van der Waals surface area contributed by atoms with Gasteiger partial charge in [-0.1, -0.05) is 13.8 Å². The Bertz CT molecular complexity index is 532. The molecule has 1 amide bonds. The first-order valence-electron chi connectivity index (χ1n) is 5.66. The first kappa shape index (κ1) is 14.7. The molecular formula is C11H19N3O3S. The van der Waals surface area contributed by atoms with E-state index in [1.807, 2.05) is 13.8 Å². The number of nitrogens with one attached hydrogen (secondary N) is 2. The van der Waals surface area contributed by atoms with Gasteiger partial charge in [-0.2, -0.15) is 0 Å². The van der Waals surface area contributed by atoms with Gasteiger partial charge in [0.05, 0.1) is 0 Å². The monoisotopic (exact) mass is 273 g/mol. The van der Waals surface area contributed by atoms with Crippen LogP contribution < -0.4 is 10.0 Å². The summed E-state index contributed by atoms with van der Waals surface area (Å²) in [4.78, 5) is 11.9. The van der Waals surface area contributed by atoms with Gasteiger partial charge in [-0.05, 0) is 19.0 Å². The van der Waals surface area contributed by atoms with Crippen LogP contribution in [0.5, 0.6) is 0 Å². The summed E-state index contributed by atoms with van der Waals surface area (Å²) in [5.41, 5.74) is 0.324. The molecule has 0 aliphatic rings. The third kappa shape index (κ3) is 3.33. The minimum Gasteiger partial charge on any atom is -0.351 e. The maximum absolute atomic E-state index is 11.9. The molecule has 1 aromatic heterocycles. The van der Waals surface area contributed by atoms with Gasteiger partial charge in [0.1, 0.15) is 10.6 Å². The van der Waals surface area contributed by atoms with E-state index in [4.69, 9.17) is 0 Å². The number of sulfonamides is 1. The van der Waals surface area contributed by atoms with Crippen LogP contribution in [0.25, 0.3) is 0 Å². The lowest BCUT2D eigenvalue weighted by Crippen LogP contribution is -2.28. The van der Waals surface area contributed by atoms with Gasteiger partial charge in [-0.15, -0.1) is 0 Å². The van der Waals surface area contributed by atoms with Crippen molar-refractivity contribution in [3.8, 4) is 0 Å². The van der Waals surface area contributed by atoms with Crippen LogP contribution in [0.1, 0.15) is 24.3 Å². The summed E-state index contributed by atoms with van der Waals surface area (Å²) >= 11 is 0. The Morgan fingerprint density at radius 3 is 2.56 bits per heavy atom. The normalized spacial score (nSPS) is 11.8. The molecule has 0 saturated heterocycles. The molecule has 1 rings (SSSR count). The number of hydrogen-bond donors (Lipinski definition) is 2. The van der Waals surface area contributed by atoms with E-state index in [0.29, 0.717) is 18.2 Å². The standard InChI is InChI=1S/C11H19N3O3S/c1-8(2)6-13-11(15)10-5-9(7-14(10)4)18(16,17)12-3/h5,7-8,12H,6H2,1-4H3,(H,13,15). The maximum Gasteiger partial charge on any atom is 0.267 e. The van der Waals surface area contributed by atoms with Gasteiger partial charge in [-0.25, -0.2) is 13.1 Å². The average Bonchev–Trinajstić information content (AvgIpc) is 2.69. The molecule has 0 atom stereocenters. The van der Waals surface area contributed by atoms with E-state index in [1.165, 1.54) is 23.9 Å². The molecule has 0 radical (unpaired) electrons. The molecule has 2 N–H and O–H groups in total. The van der Waals surface area contributed by atoms with Crippen molar-refractivity contribution < 1.29 is 13.2 Å². The van der Waals surface area contributed by atoms with Crippen molar-refractivity contribution in [2.24, 2.45) is 13.0 Å². The van der Waals surface area contributed by atoms with Gasteiger partial charge >= 0.3 is 0 Å². The summed E-state index contributed by atoms with van der Waals surface area (Å²) in [6, 6.07) is 1.36. The van der Waals surface area contributed by atoms with Gasteiger partial charge in [0.2, 0.25) is 10.0 Å². The fourth-order valence-corrected chi connectivity index (χ4v) is 2.21. The Hall–Kier alpha value is -1.34. The minimum atomic E-state index is -3.52. The smallest absolute Gasteiger partial charge is 0.267 e. The zero-order valence-corrected chi connectivity index (χ0v) is 11.8. The molecule has 18 heavy (non-hydrogen) atoms. The third-order valence-electron chi connectivity index (χ3n) is 2.46. The van der Waals surface area contributed by atoms with Crippen LogP contribution in [-0.4, -0.2) is 32.5 Å². The van der Waals surface area contributed by atoms with Crippen LogP contribution in [0.3, 0.4) is 0 Å². The molecule has 0 spiro atoms. The summed E-state index contributed by atoms with van der Waals surface area (Å²) in [7, 11) is -0.543. The number of hydrogen-bond acceptors (Lipinski definition) is 3. The second-order valence-electron chi connectivity index (χ2n) is 4.48. The lowest BCUT2D eigenvalue weighted by Gasteiger charge is -2.07. The predicted molar refractivity (Wildman–Crippen MR) is 68.8 cm³/mol.